The van der Waals surface area contributed by atoms with Crippen LogP contribution in [0.15, 0.2) is 0 Å². The molecule has 0 bridgehead atoms. The van der Waals surface area contributed by atoms with Crippen LogP contribution in [-0.2, 0) is 0 Å². The molecule has 1 fully saturated rings. The fourth-order valence-corrected chi connectivity index (χ4v) is 2.67. The van der Waals surface area contributed by atoms with Crippen LogP contribution < -0.4 is 5.32 Å². The summed E-state index contributed by atoms with van der Waals surface area (Å²) in [6, 6.07) is 1.02. The van der Waals surface area contributed by atoms with E-state index < -0.39 is 0 Å². The number of nitrogens with zero attached hydrogens (tertiary/aromatic N) is 1. The molecule has 18 heavy (non-hydrogen) atoms. The number of terminal acetylenes is 1. The van der Waals surface area contributed by atoms with Crippen LogP contribution in [0.5, 0.6) is 0 Å². The fraction of sp³-hybridized carbons (Fsp3) is 0.875. The van der Waals surface area contributed by atoms with Crippen LogP contribution in [-0.4, -0.2) is 35.6 Å². The summed E-state index contributed by atoms with van der Waals surface area (Å²) < 4.78 is 0. The summed E-state index contributed by atoms with van der Waals surface area (Å²) in [5.41, 5.74) is 0.103. The maximum atomic E-state index is 5.74. The molecule has 0 aromatic rings. The van der Waals surface area contributed by atoms with Crippen molar-refractivity contribution in [3.05, 3.63) is 0 Å². The van der Waals surface area contributed by atoms with Crippen molar-refractivity contribution in [3.63, 3.8) is 0 Å². The first kappa shape index (κ1) is 15.5. The molecule has 1 N–H and O–H groups in total. The quantitative estimate of drug-likeness (QED) is 0.758. The second-order valence-corrected chi connectivity index (χ2v) is 7.49. The standard InChI is InChI=1S/C16H30N2/c1-9-16(7,8)18-11-14(15(4,5)6)17-10-13(18)12(2)3/h1,12-14,17H,10-11H2,2-8H3. The highest BCUT2D eigenvalue weighted by Crippen LogP contribution is 2.30. The van der Waals surface area contributed by atoms with E-state index in [2.05, 4.69) is 64.6 Å². The van der Waals surface area contributed by atoms with Gasteiger partial charge < -0.3 is 5.32 Å². The van der Waals surface area contributed by atoms with Gasteiger partial charge in [-0.3, -0.25) is 4.90 Å². The SMILES string of the molecule is C#CC(C)(C)N1CC(C(C)(C)C)NCC1C(C)C. The largest absolute Gasteiger partial charge is 0.311 e. The van der Waals surface area contributed by atoms with Gasteiger partial charge in [0.2, 0.25) is 0 Å². The van der Waals surface area contributed by atoms with Crippen molar-refractivity contribution >= 4 is 0 Å². The molecule has 2 unspecified atom stereocenters. The van der Waals surface area contributed by atoms with E-state index in [9.17, 15) is 0 Å². The van der Waals surface area contributed by atoms with Crippen LogP contribution in [0.4, 0.5) is 0 Å². The average Bonchev–Trinajstić information content (AvgIpc) is 2.27. The van der Waals surface area contributed by atoms with Gasteiger partial charge in [0.05, 0.1) is 5.54 Å². The summed E-state index contributed by atoms with van der Waals surface area (Å²) in [6.07, 6.45) is 5.74. The lowest BCUT2D eigenvalue weighted by Crippen LogP contribution is -2.66. The molecule has 2 nitrogen and oxygen atoms in total. The first-order valence-electron chi connectivity index (χ1n) is 7.07. The number of rotatable bonds is 2. The molecule has 0 radical (unpaired) electrons. The molecule has 0 amide bonds. The summed E-state index contributed by atoms with van der Waals surface area (Å²) in [5, 5.41) is 3.71. The van der Waals surface area contributed by atoms with Gasteiger partial charge in [0.1, 0.15) is 0 Å². The first-order valence-corrected chi connectivity index (χ1v) is 7.07. The molecular formula is C16H30N2. The third-order valence-corrected chi connectivity index (χ3v) is 4.24. The zero-order valence-electron chi connectivity index (χ0n) is 13.2. The molecule has 0 saturated carbocycles. The Balaban J connectivity index is 2.95. The zero-order chi connectivity index (χ0) is 14.1. The van der Waals surface area contributed by atoms with E-state index in [0.717, 1.165) is 13.1 Å². The van der Waals surface area contributed by atoms with Crippen LogP contribution >= 0.6 is 0 Å². The molecule has 0 aromatic carbocycles. The van der Waals surface area contributed by atoms with E-state index in [1.165, 1.54) is 0 Å². The Hall–Kier alpha value is -0.520. The highest BCUT2D eigenvalue weighted by Gasteiger charge is 2.40. The van der Waals surface area contributed by atoms with E-state index in [4.69, 9.17) is 6.42 Å². The van der Waals surface area contributed by atoms with Crippen molar-refractivity contribution in [2.24, 2.45) is 11.3 Å². The molecule has 0 aromatic heterocycles. The number of hydrogen-bond acceptors (Lipinski definition) is 2. The number of hydrogen-bond donors (Lipinski definition) is 1. The van der Waals surface area contributed by atoms with E-state index in [1.807, 2.05) is 0 Å². The average molecular weight is 250 g/mol. The van der Waals surface area contributed by atoms with Gasteiger partial charge in [-0.1, -0.05) is 40.5 Å². The molecule has 2 atom stereocenters. The van der Waals surface area contributed by atoms with Gasteiger partial charge >= 0.3 is 0 Å². The summed E-state index contributed by atoms with van der Waals surface area (Å²) in [4.78, 5) is 2.52. The molecule has 1 aliphatic rings. The normalized spacial score (nSPS) is 27.3. The van der Waals surface area contributed by atoms with Crippen molar-refractivity contribution in [1.82, 2.24) is 10.2 Å². The Labute approximate surface area is 114 Å². The maximum absolute atomic E-state index is 5.74. The monoisotopic (exact) mass is 250 g/mol. The minimum Gasteiger partial charge on any atom is -0.311 e. The van der Waals surface area contributed by atoms with Crippen molar-refractivity contribution in [2.45, 2.75) is 66.1 Å². The molecule has 0 spiro atoms. The van der Waals surface area contributed by atoms with E-state index in [1.54, 1.807) is 0 Å². The van der Waals surface area contributed by atoms with Crippen LogP contribution in [0.25, 0.3) is 0 Å². The van der Waals surface area contributed by atoms with Crippen LogP contribution in [0, 0.1) is 23.7 Å². The molecular weight excluding hydrogens is 220 g/mol. The molecule has 1 saturated heterocycles. The lowest BCUT2D eigenvalue weighted by atomic mass is 9.82. The molecule has 2 heteroatoms. The van der Waals surface area contributed by atoms with Gasteiger partial charge in [-0.15, -0.1) is 6.42 Å². The summed E-state index contributed by atoms with van der Waals surface area (Å²) >= 11 is 0. The predicted octanol–water partition coefficient (Wildman–Crippen LogP) is 2.74. The third-order valence-electron chi connectivity index (χ3n) is 4.24. The topological polar surface area (TPSA) is 15.3 Å². The van der Waals surface area contributed by atoms with Crippen molar-refractivity contribution < 1.29 is 0 Å². The fourth-order valence-electron chi connectivity index (χ4n) is 2.67. The Morgan fingerprint density at radius 3 is 2.17 bits per heavy atom. The zero-order valence-corrected chi connectivity index (χ0v) is 13.2. The van der Waals surface area contributed by atoms with Crippen molar-refractivity contribution in [3.8, 4) is 12.3 Å². The Morgan fingerprint density at radius 1 is 1.22 bits per heavy atom. The van der Waals surface area contributed by atoms with Crippen molar-refractivity contribution in [1.29, 1.82) is 0 Å². The molecule has 1 aliphatic heterocycles. The molecule has 0 aliphatic carbocycles. The van der Waals surface area contributed by atoms with E-state index in [-0.39, 0.29) is 11.0 Å². The van der Waals surface area contributed by atoms with Gasteiger partial charge in [0, 0.05) is 25.2 Å². The molecule has 1 rings (SSSR count). The predicted molar refractivity (Wildman–Crippen MR) is 79.5 cm³/mol. The van der Waals surface area contributed by atoms with Gasteiger partial charge in [0.15, 0.2) is 0 Å². The van der Waals surface area contributed by atoms with Gasteiger partial charge in [-0.25, -0.2) is 0 Å². The first-order chi connectivity index (χ1) is 8.09. The van der Waals surface area contributed by atoms with Gasteiger partial charge in [0.25, 0.3) is 0 Å². The Bertz CT molecular complexity index is 317. The number of nitrogens with one attached hydrogen (secondary N) is 1. The van der Waals surface area contributed by atoms with Crippen molar-refractivity contribution in [2.75, 3.05) is 13.1 Å². The molecule has 1 heterocycles. The lowest BCUT2D eigenvalue weighted by Gasteiger charge is -2.51. The summed E-state index contributed by atoms with van der Waals surface area (Å²) in [7, 11) is 0. The third kappa shape index (κ3) is 3.28. The second kappa shape index (κ2) is 5.23. The number of piperazine rings is 1. The highest BCUT2D eigenvalue weighted by molar-refractivity contribution is 5.12. The Kier molecular flexibility index (Phi) is 4.51. The van der Waals surface area contributed by atoms with Gasteiger partial charge in [-0.2, -0.15) is 0 Å². The summed E-state index contributed by atoms with van der Waals surface area (Å²) in [6.45, 7) is 17.8. The Morgan fingerprint density at radius 2 is 1.78 bits per heavy atom. The van der Waals surface area contributed by atoms with Crippen LogP contribution in [0.3, 0.4) is 0 Å². The highest BCUT2D eigenvalue weighted by atomic mass is 15.3. The van der Waals surface area contributed by atoms with Crippen LogP contribution in [0.2, 0.25) is 0 Å². The minimum atomic E-state index is -0.166. The van der Waals surface area contributed by atoms with Gasteiger partial charge in [-0.05, 0) is 25.2 Å². The lowest BCUT2D eigenvalue weighted by molar-refractivity contribution is 0.0152. The van der Waals surface area contributed by atoms with E-state index >= 15 is 0 Å². The summed E-state index contributed by atoms with van der Waals surface area (Å²) in [5.74, 6) is 3.58. The van der Waals surface area contributed by atoms with E-state index in [0.29, 0.717) is 18.0 Å². The van der Waals surface area contributed by atoms with Crippen LogP contribution in [0.1, 0.15) is 48.5 Å². The smallest absolute Gasteiger partial charge is 0.0769 e. The minimum absolute atomic E-state index is 0.166. The second-order valence-electron chi connectivity index (χ2n) is 7.49. The maximum Gasteiger partial charge on any atom is 0.0769 e. The molecule has 104 valence electrons.